The molecule has 2 aromatic heterocycles. The number of nitrogens with one attached hydrogen (secondary N) is 1. The molecule has 0 saturated carbocycles. The smallest absolute Gasteiger partial charge is 0.237 e. The summed E-state index contributed by atoms with van der Waals surface area (Å²) in [6.07, 6.45) is 3.51. The molecule has 0 fully saturated rings. The van der Waals surface area contributed by atoms with Crippen molar-refractivity contribution in [2.24, 2.45) is 5.73 Å². The van der Waals surface area contributed by atoms with Gasteiger partial charge in [0.2, 0.25) is 11.8 Å². The summed E-state index contributed by atoms with van der Waals surface area (Å²) in [6, 6.07) is 0. The molecule has 0 bridgehead atoms. The predicted molar refractivity (Wildman–Crippen MR) is 52.2 cm³/mol. The standard InChI is InChI=1S/C8H12N6O/c1-6-12-13-8(15-6)4-11-14-5-7(2-9)3-10-14/h3,5,11H,2,4,9H2,1H3. The summed E-state index contributed by atoms with van der Waals surface area (Å²) < 4.78 is 5.19. The monoisotopic (exact) mass is 208 g/mol. The van der Waals surface area contributed by atoms with Crippen molar-refractivity contribution in [3.8, 4) is 0 Å². The highest BCUT2D eigenvalue weighted by atomic mass is 16.4. The Morgan fingerprint density at radius 2 is 2.40 bits per heavy atom. The third kappa shape index (κ3) is 2.32. The zero-order chi connectivity index (χ0) is 10.7. The van der Waals surface area contributed by atoms with Crippen molar-refractivity contribution in [3.63, 3.8) is 0 Å². The molecular formula is C8H12N6O. The molecule has 80 valence electrons. The largest absolute Gasteiger partial charge is 0.424 e. The van der Waals surface area contributed by atoms with E-state index in [0.29, 0.717) is 24.9 Å². The van der Waals surface area contributed by atoms with Crippen molar-refractivity contribution in [2.75, 3.05) is 5.43 Å². The average molecular weight is 208 g/mol. The van der Waals surface area contributed by atoms with Gasteiger partial charge in [0.1, 0.15) is 6.54 Å². The number of hydrogen-bond acceptors (Lipinski definition) is 6. The number of nitrogens with zero attached hydrogens (tertiary/aromatic N) is 4. The van der Waals surface area contributed by atoms with Crippen LogP contribution in [0.25, 0.3) is 0 Å². The van der Waals surface area contributed by atoms with Crippen molar-refractivity contribution in [3.05, 3.63) is 29.7 Å². The zero-order valence-electron chi connectivity index (χ0n) is 8.34. The van der Waals surface area contributed by atoms with E-state index in [-0.39, 0.29) is 0 Å². The summed E-state index contributed by atoms with van der Waals surface area (Å²) in [4.78, 5) is 1.57. The van der Waals surface area contributed by atoms with Gasteiger partial charge >= 0.3 is 0 Å². The number of rotatable bonds is 4. The molecule has 0 radical (unpaired) electrons. The van der Waals surface area contributed by atoms with Gasteiger partial charge in [-0.2, -0.15) is 9.89 Å². The Balaban J connectivity index is 1.93. The van der Waals surface area contributed by atoms with Crippen LogP contribution >= 0.6 is 0 Å². The molecule has 7 heteroatoms. The van der Waals surface area contributed by atoms with Crippen LogP contribution in [0.5, 0.6) is 0 Å². The van der Waals surface area contributed by atoms with Gasteiger partial charge in [-0.1, -0.05) is 0 Å². The highest BCUT2D eigenvalue weighted by Gasteiger charge is 2.01. The molecule has 0 aliphatic rings. The van der Waals surface area contributed by atoms with E-state index < -0.39 is 0 Å². The minimum absolute atomic E-state index is 0.437. The van der Waals surface area contributed by atoms with Crippen LogP contribution in [0.3, 0.4) is 0 Å². The first-order chi connectivity index (χ1) is 7.28. The maximum Gasteiger partial charge on any atom is 0.237 e. The maximum absolute atomic E-state index is 5.45. The lowest BCUT2D eigenvalue weighted by atomic mass is 10.4. The van der Waals surface area contributed by atoms with Crippen LogP contribution in [0.15, 0.2) is 16.8 Å². The van der Waals surface area contributed by atoms with Gasteiger partial charge in [0, 0.05) is 19.0 Å². The first kappa shape index (κ1) is 9.66. The molecule has 0 amide bonds. The zero-order valence-corrected chi connectivity index (χ0v) is 8.34. The van der Waals surface area contributed by atoms with E-state index in [1.165, 1.54) is 0 Å². The van der Waals surface area contributed by atoms with Crippen molar-refractivity contribution in [2.45, 2.75) is 20.0 Å². The van der Waals surface area contributed by atoms with Gasteiger partial charge in [0.25, 0.3) is 0 Å². The Bertz CT molecular complexity index is 434. The summed E-state index contributed by atoms with van der Waals surface area (Å²) in [7, 11) is 0. The van der Waals surface area contributed by atoms with E-state index in [0.717, 1.165) is 5.56 Å². The average Bonchev–Trinajstić information content (AvgIpc) is 2.83. The Morgan fingerprint density at radius 1 is 1.53 bits per heavy atom. The quantitative estimate of drug-likeness (QED) is 0.721. The van der Waals surface area contributed by atoms with Crippen LogP contribution in [0, 0.1) is 6.92 Å². The molecule has 0 saturated heterocycles. The summed E-state index contributed by atoms with van der Waals surface area (Å²) >= 11 is 0. The van der Waals surface area contributed by atoms with Crippen LogP contribution < -0.4 is 11.2 Å². The van der Waals surface area contributed by atoms with Crippen LogP contribution in [-0.2, 0) is 13.1 Å². The van der Waals surface area contributed by atoms with Crippen LogP contribution in [-0.4, -0.2) is 20.1 Å². The lowest BCUT2D eigenvalue weighted by molar-refractivity contribution is 0.466. The number of aromatic nitrogens is 4. The molecule has 15 heavy (non-hydrogen) atoms. The van der Waals surface area contributed by atoms with Gasteiger partial charge in [-0.25, -0.2) is 0 Å². The fourth-order valence-corrected chi connectivity index (χ4v) is 1.11. The third-order valence-electron chi connectivity index (χ3n) is 1.83. The van der Waals surface area contributed by atoms with Crippen molar-refractivity contribution in [1.29, 1.82) is 0 Å². The molecule has 3 N–H and O–H groups in total. The molecule has 2 aromatic rings. The number of hydrogen-bond donors (Lipinski definition) is 2. The van der Waals surface area contributed by atoms with Gasteiger partial charge in [-0.3, -0.25) is 0 Å². The van der Waals surface area contributed by atoms with E-state index in [1.54, 1.807) is 17.9 Å². The fraction of sp³-hybridized carbons (Fsp3) is 0.375. The lowest BCUT2D eigenvalue weighted by Crippen LogP contribution is -2.14. The van der Waals surface area contributed by atoms with Gasteiger partial charge in [-0.05, 0) is 0 Å². The molecular weight excluding hydrogens is 196 g/mol. The highest BCUT2D eigenvalue weighted by molar-refractivity contribution is 5.03. The van der Waals surface area contributed by atoms with Crippen molar-refractivity contribution >= 4 is 0 Å². The maximum atomic E-state index is 5.45. The van der Waals surface area contributed by atoms with Gasteiger partial charge < -0.3 is 15.6 Å². The first-order valence-electron chi connectivity index (χ1n) is 4.54. The van der Waals surface area contributed by atoms with E-state index in [9.17, 15) is 0 Å². The Kier molecular flexibility index (Phi) is 2.64. The molecule has 2 rings (SSSR count). The Hall–Kier alpha value is -1.89. The second-order valence-electron chi connectivity index (χ2n) is 3.05. The summed E-state index contributed by atoms with van der Waals surface area (Å²) in [6.45, 7) is 2.66. The molecule has 0 spiro atoms. The molecule has 0 aromatic carbocycles. The minimum atomic E-state index is 0.437. The predicted octanol–water partition coefficient (Wildman–Crippen LogP) is -0.223. The van der Waals surface area contributed by atoms with Gasteiger partial charge in [0.05, 0.1) is 12.4 Å². The van der Waals surface area contributed by atoms with E-state index in [2.05, 4.69) is 20.7 Å². The van der Waals surface area contributed by atoms with E-state index in [4.69, 9.17) is 10.2 Å². The van der Waals surface area contributed by atoms with Crippen LogP contribution in [0.4, 0.5) is 0 Å². The second-order valence-corrected chi connectivity index (χ2v) is 3.05. The molecule has 0 unspecified atom stereocenters. The molecule has 2 heterocycles. The topological polar surface area (TPSA) is 94.8 Å². The van der Waals surface area contributed by atoms with Crippen molar-refractivity contribution < 1.29 is 4.42 Å². The Labute approximate surface area is 86.3 Å². The SMILES string of the molecule is Cc1nnc(CNn2cc(CN)cn2)o1. The molecule has 0 atom stereocenters. The summed E-state index contributed by atoms with van der Waals surface area (Å²) in [5.41, 5.74) is 9.40. The van der Waals surface area contributed by atoms with Crippen LogP contribution in [0.1, 0.15) is 17.3 Å². The second kappa shape index (κ2) is 4.09. The summed E-state index contributed by atoms with van der Waals surface area (Å²) in [5, 5.41) is 11.6. The third-order valence-corrected chi connectivity index (χ3v) is 1.83. The highest BCUT2D eigenvalue weighted by Crippen LogP contribution is 1.98. The van der Waals surface area contributed by atoms with Crippen LogP contribution in [0.2, 0.25) is 0 Å². The normalized spacial score (nSPS) is 10.5. The fourth-order valence-electron chi connectivity index (χ4n) is 1.11. The minimum Gasteiger partial charge on any atom is -0.424 e. The Morgan fingerprint density at radius 3 is 3.00 bits per heavy atom. The van der Waals surface area contributed by atoms with Crippen molar-refractivity contribution in [1.82, 2.24) is 20.1 Å². The van der Waals surface area contributed by atoms with E-state index >= 15 is 0 Å². The lowest BCUT2D eigenvalue weighted by Gasteiger charge is -2.01. The molecule has 0 aliphatic carbocycles. The molecule has 7 nitrogen and oxygen atoms in total. The first-order valence-corrected chi connectivity index (χ1v) is 4.54. The number of nitrogens with two attached hydrogens (primary N) is 1. The van der Waals surface area contributed by atoms with Gasteiger partial charge in [0.15, 0.2) is 0 Å². The number of aryl methyl sites for hydroxylation is 1. The molecule has 0 aliphatic heterocycles. The van der Waals surface area contributed by atoms with Gasteiger partial charge in [-0.15, -0.1) is 10.2 Å². The van der Waals surface area contributed by atoms with E-state index in [1.807, 2.05) is 6.20 Å². The summed E-state index contributed by atoms with van der Waals surface area (Å²) in [5.74, 6) is 1.08.